The zero-order valence-corrected chi connectivity index (χ0v) is 10.1. The van der Waals surface area contributed by atoms with Gasteiger partial charge >= 0.3 is 0 Å². The second kappa shape index (κ2) is 5.34. The van der Waals surface area contributed by atoms with Crippen LogP contribution in [0.5, 0.6) is 5.75 Å². The van der Waals surface area contributed by atoms with Gasteiger partial charge < -0.3 is 9.57 Å². The van der Waals surface area contributed by atoms with Crippen molar-refractivity contribution in [3.63, 3.8) is 0 Å². The van der Waals surface area contributed by atoms with Crippen LogP contribution < -0.4 is 10.2 Å². The van der Waals surface area contributed by atoms with Crippen molar-refractivity contribution in [2.75, 3.05) is 14.2 Å². The first-order valence-electron chi connectivity index (χ1n) is 4.28. The van der Waals surface area contributed by atoms with Gasteiger partial charge in [-0.3, -0.25) is 0 Å². The van der Waals surface area contributed by atoms with E-state index in [1.165, 1.54) is 0 Å². The van der Waals surface area contributed by atoms with E-state index in [4.69, 9.17) is 9.57 Å². The Morgan fingerprint density at radius 1 is 1.36 bits per heavy atom. The van der Waals surface area contributed by atoms with Gasteiger partial charge in [0.05, 0.1) is 14.2 Å². The third-order valence-electron chi connectivity index (χ3n) is 1.97. The van der Waals surface area contributed by atoms with Crippen molar-refractivity contribution >= 4 is 15.9 Å². The summed E-state index contributed by atoms with van der Waals surface area (Å²) in [4.78, 5) is 4.79. The van der Waals surface area contributed by atoms with E-state index < -0.39 is 0 Å². The quantitative estimate of drug-likeness (QED) is 0.843. The zero-order valence-electron chi connectivity index (χ0n) is 8.56. The number of nitrogens with one attached hydrogen (secondary N) is 1. The highest BCUT2D eigenvalue weighted by Gasteiger charge is 2.05. The summed E-state index contributed by atoms with van der Waals surface area (Å²) in [6.45, 7) is 2.66. The molecule has 1 rings (SSSR count). The number of methoxy groups -OCH3 is 1. The Morgan fingerprint density at radius 3 is 2.64 bits per heavy atom. The van der Waals surface area contributed by atoms with Crippen LogP contribution in [-0.2, 0) is 11.4 Å². The zero-order chi connectivity index (χ0) is 10.6. The van der Waals surface area contributed by atoms with Gasteiger partial charge in [0.2, 0.25) is 0 Å². The SMILES string of the molecule is CONCc1cc(OC)c(C)cc1Br. The van der Waals surface area contributed by atoms with Crippen molar-refractivity contribution in [3.05, 3.63) is 27.7 Å². The number of aryl methyl sites for hydroxylation is 1. The van der Waals surface area contributed by atoms with E-state index >= 15 is 0 Å². The molecule has 0 amide bonds. The first-order chi connectivity index (χ1) is 6.69. The van der Waals surface area contributed by atoms with E-state index in [0.717, 1.165) is 21.3 Å². The lowest BCUT2D eigenvalue weighted by Crippen LogP contribution is -2.11. The van der Waals surface area contributed by atoms with E-state index in [1.54, 1.807) is 14.2 Å². The van der Waals surface area contributed by atoms with Crippen LogP contribution in [0.15, 0.2) is 16.6 Å². The summed E-state index contributed by atoms with van der Waals surface area (Å²) in [6, 6.07) is 4.02. The Bertz CT molecular complexity index is 315. The van der Waals surface area contributed by atoms with Crippen molar-refractivity contribution in [1.82, 2.24) is 5.48 Å². The van der Waals surface area contributed by atoms with Crippen LogP contribution in [0.3, 0.4) is 0 Å². The highest BCUT2D eigenvalue weighted by Crippen LogP contribution is 2.26. The molecule has 4 heteroatoms. The molecule has 0 spiro atoms. The predicted octanol–water partition coefficient (Wildman–Crippen LogP) is 2.42. The lowest BCUT2D eigenvalue weighted by Gasteiger charge is -2.10. The normalized spacial score (nSPS) is 10.3. The number of benzene rings is 1. The molecule has 0 unspecified atom stereocenters. The molecule has 1 aromatic carbocycles. The fraction of sp³-hybridized carbons (Fsp3) is 0.400. The molecule has 0 aromatic heterocycles. The minimum Gasteiger partial charge on any atom is -0.496 e. The van der Waals surface area contributed by atoms with E-state index in [2.05, 4.69) is 21.4 Å². The van der Waals surface area contributed by atoms with Crippen LogP contribution >= 0.6 is 15.9 Å². The molecule has 0 atom stereocenters. The van der Waals surface area contributed by atoms with Crippen LogP contribution in [0.2, 0.25) is 0 Å². The molecule has 0 fully saturated rings. The second-order valence-electron chi connectivity index (χ2n) is 2.94. The molecule has 78 valence electrons. The van der Waals surface area contributed by atoms with Gasteiger partial charge in [-0.05, 0) is 30.2 Å². The first-order valence-corrected chi connectivity index (χ1v) is 5.07. The Morgan fingerprint density at radius 2 is 2.07 bits per heavy atom. The Labute approximate surface area is 92.5 Å². The fourth-order valence-corrected chi connectivity index (χ4v) is 1.80. The van der Waals surface area contributed by atoms with Crippen LogP contribution in [-0.4, -0.2) is 14.2 Å². The standard InChI is InChI=1S/C10H14BrNO2/c1-7-4-9(11)8(6-12-14-3)5-10(7)13-2/h4-5,12H,6H2,1-3H3. The van der Waals surface area contributed by atoms with Crippen molar-refractivity contribution in [2.24, 2.45) is 0 Å². The monoisotopic (exact) mass is 259 g/mol. The van der Waals surface area contributed by atoms with Gasteiger partial charge in [-0.1, -0.05) is 15.9 Å². The van der Waals surface area contributed by atoms with Gasteiger partial charge in [0, 0.05) is 11.0 Å². The Kier molecular flexibility index (Phi) is 4.38. The van der Waals surface area contributed by atoms with E-state index in [-0.39, 0.29) is 0 Å². The molecule has 3 nitrogen and oxygen atoms in total. The molecule has 1 aromatic rings. The van der Waals surface area contributed by atoms with Crippen molar-refractivity contribution in [3.8, 4) is 5.75 Å². The fourth-order valence-electron chi connectivity index (χ4n) is 1.20. The third kappa shape index (κ3) is 2.70. The Hall–Kier alpha value is -0.580. The summed E-state index contributed by atoms with van der Waals surface area (Å²) in [5.41, 5.74) is 5.01. The van der Waals surface area contributed by atoms with Gasteiger partial charge in [-0.25, -0.2) is 0 Å². The number of hydroxylamine groups is 1. The molecule has 0 aliphatic rings. The number of halogens is 1. The first kappa shape index (κ1) is 11.5. The van der Waals surface area contributed by atoms with Gasteiger partial charge in [-0.15, -0.1) is 0 Å². The summed E-state index contributed by atoms with van der Waals surface area (Å²) in [6.07, 6.45) is 0. The number of rotatable bonds is 4. The van der Waals surface area contributed by atoms with Crippen molar-refractivity contribution in [1.29, 1.82) is 0 Å². The molecule has 0 heterocycles. The number of hydrogen-bond donors (Lipinski definition) is 1. The summed E-state index contributed by atoms with van der Waals surface area (Å²) < 4.78 is 6.29. The lowest BCUT2D eigenvalue weighted by molar-refractivity contribution is 0.0865. The molecule has 1 N–H and O–H groups in total. The lowest BCUT2D eigenvalue weighted by atomic mass is 10.1. The number of ether oxygens (including phenoxy) is 1. The molecule has 0 radical (unpaired) electrons. The highest BCUT2D eigenvalue weighted by atomic mass is 79.9. The summed E-state index contributed by atoms with van der Waals surface area (Å²) in [5.74, 6) is 0.890. The van der Waals surface area contributed by atoms with Crippen molar-refractivity contribution < 1.29 is 9.57 Å². The van der Waals surface area contributed by atoms with Crippen LogP contribution in [0.1, 0.15) is 11.1 Å². The highest BCUT2D eigenvalue weighted by molar-refractivity contribution is 9.10. The maximum atomic E-state index is 5.23. The van der Waals surface area contributed by atoms with Crippen LogP contribution in [0.4, 0.5) is 0 Å². The Balaban J connectivity index is 2.92. The van der Waals surface area contributed by atoms with E-state index in [0.29, 0.717) is 6.54 Å². The van der Waals surface area contributed by atoms with Gasteiger partial charge in [0.15, 0.2) is 0 Å². The van der Waals surface area contributed by atoms with Crippen LogP contribution in [0.25, 0.3) is 0 Å². The molecule has 0 bridgehead atoms. The predicted molar refractivity (Wildman–Crippen MR) is 59.3 cm³/mol. The number of hydrogen-bond acceptors (Lipinski definition) is 3. The molecule has 0 saturated heterocycles. The molecular formula is C10H14BrNO2. The average Bonchev–Trinajstić information content (AvgIpc) is 2.17. The van der Waals surface area contributed by atoms with Crippen LogP contribution in [0, 0.1) is 6.92 Å². The minimum absolute atomic E-state index is 0.647. The molecule has 14 heavy (non-hydrogen) atoms. The summed E-state index contributed by atoms with van der Waals surface area (Å²) in [7, 11) is 3.27. The van der Waals surface area contributed by atoms with Gasteiger partial charge in [0.1, 0.15) is 5.75 Å². The molecule has 0 aliphatic heterocycles. The third-order valence-corrected chi connectivity index (χ3v) is 2.71. The molecule has 0 saturated carbocycles. The van der Waals surface area contributed by atoms with E-state index in [9.17, 15) is 0 Å². The van der Waals surface area contributed by atoms with Crippen molar-refractivity contribution in [2.45, 2.75) is 13.5 Å². The minimum atomic E-state index is 0.647. The van der Waals surface area contributed by atoms with E-state index in [1.807, 2.05) is 19.1 Å². The average molecular weight is 260 g/mol. The summed E-state index contributed by atoms with van der Waals surface area (Å²) in [5, 5.41) is 0. The maximum Gasteiger partial charge on any atom is 0.122 e. The summed E-state index contributed by atoms with van der Waals surface area (Å²) >= 11 is 3.49. The topological polar surface area (TPSA) is 30.5 Å². The van der Waals surface area contributed by atoms with Gasteiger partial charge in [0.25, 0.3) is 0 Å². The van der Waals surface area contributed by atoms with Gasteiger partial charge in [-0.2, -0.15) is 5.48 Å². The second-order valence-corrected chi connectivity index (χ2v) is 3.79. The molecular weight excluding hydrogens is 246 g/mol. The largest absolute Gasteiger partial charge is 0.496 e. The smallest absolute Gasteiger partial charge is 0.122 e. The maximum absolute atomic E-state index is 5.23. The molecule has 0 aliphatic carbocycles.